The lowest BCUT2D eigenvalue weighted by Crippen LogP contribution is -2.24. The third kappa shape index (κ3) is 3.17. The molecule has 0 fully saturated rings. The lowest BCUT2D eigenvalue weighted by Gasteiger charge is -2.02. The van der Waals surface area contributed by atoms with Gasteiger partial charge in [-0.1, -0.05) is 24.3 Å². The molecule has 1 aromatic carbocycles. The summed E-state index contributed by atoms with van der Waals surface area (Å²) in [5.74, 6) is -0.251. The van der Waals surface area contributed by atoms with Crippen LogP contribution in [0.2, 0.25) is 0 Å². The van der Waals surface area contributed by atoms with E-state index in [1.807, 2.05) is 17.5 Å². The van der Waals surface area contributed by atoms with E-state index < -0.39 is 0 Å². The van der Waals surface area contributed by atoms with Crippen molar-refractivity contribution >= 4 is 17.2 Å². The van der Waals surface area contributed by atoms with Gasteiger partial charge < -0.3 is 5.32 Å². The van der Waals surface area contributed by atoms with E-state index in [1.165, 1.54) is 24.2 Å². The normalized spacial score (nSPS) is 10.4. The van der Waals surface area contributed by atoms with Crippen molar-refractivity contribution in [3.8, 4) is 10.6 Å². The first kappa shape index (κ1) is 14.3. The minimum atomic E-state index is -0.251. The van der Waals surface area contributed by atoms with Crippen LogP contribution in [0.4, 0.5) is 0 Å². The van der Waals surface area contributed by atoms with E-state index in [2.05, 4.69) is 39.3 Å². The molecule has 0 saturated carbocycles. The zero-order valence-corrected chi connectivity index (χ0v) is 12.8. The third-order valence-electron chi connectivity index (χ3n) is 3.15. The van der Waals surface area contributed by atoms with Crippen LogP contribution in [0.3, 0.4) is 0 Å². The fourth-order valence-electron chi connectivity index (χ4n) is 2.00. The van der Waals surface area contributed by atoms with Gasteiger partial charge in [0.25, 0.3) is 5.91 Å². The second kappa shape index (κ2) is 6.44. The van der Waals surface area contributed by atoms with Gasteiger partial charge in [0.2, 0.25) is 0 Å². The highest BCUT2D eigenvalue weighted by Crippen LogP contribution is 2.26. The molecule has 1 amide bonds. The average Bonchev–Trinajstić information content (AvgIpc) is 3.02. The van der Waals surface area contributed by atoms with Gasteiger partial charge in [0.15, 0.2) is 0 Å². The number of amides is 1. The molecule has 3 aromatic rings. The molecule has 0 aliphatic rings. The van der Waals surface area contributed by atoms with Gasteiger partial charge in [-0.2, -0.15) is 0 Å². The largest absolute Gasteiger partial charge is 0.345 e. The van der Waals surface area contributed by atoms with Crippen LogP contribution in [0.1, 0.15) is 21.7 Å². The van der Waals surface area contributed by atoms with E-state index in [9.17, 15) is 4.79 Å². The molecule has 0 unspecified atom stereocenters. The van der Waals surface area contributed by atoms with Crippen LogP contribution >= 0.6 is 11.3 Å². The highest BCUT2D eigenvalue weighted by atomic mass is 32.1. The number of nitrogens with zero attached hydrogens (tertiary/aromatic N) is 3. The monoisotopic (exact) mass is 310 g/mol. The van der Waals surface area contributed by atoms with Gasteiger partial charge in [-0.3, -0.25) is 9.78 Å². The van der Waals surface area contributed by atoms with Crippen molar-refractivity contribution in [2.45, 2.75) is 13.5 Å². The number of hydrogen-bond donors (Lipinski definition) is 1. The summed E-state index contributed by atoms with van der Waals surface area (Å²) in [7, 11) is 0. The molecule has 0 radical (unpaired) electrons. The number of nitrogens with one attached hydrogen (secondary N) is 1. The SMILES string of the molecule is Cc1ccccc1-c1nc(CNC(=O)c2cnccn2)cs1. The fourth-order valence-corrected chi connectivity index (χ4v) is 2.91. The first-order valence-corrected chi connectivity index (χ1v) is 7.66. The van der Waals surface area contributed by atoms with Gasteiger partial charge in [0.1, 0.15) is 10.7 Å². The molecule has 110 valence electrons. The van der Waals surface area contributed by atoms with Crippen LogP contribution in [0.5, 0.6) is 0 Å². The smallest absolute Gasteiger partial charge is 0.271 e. The Morgan fingerprint density at radius 2 is 2.14 bits per heavy atom. The highest BCUT2D eigenvalue weighted by molar-refractivity contribution is 7.13. The Balaban J connectivity index is 1.68. The van der Waals surface area contributed by atoms with Crippen molar-refractivity contribution in [1.29, 1.82) is 0 Å². The third-order valence-corrected chi connectivity index (χ3v) is 4.08. The van der Waals surface area contributed by atoms with E-state index in [-0.39, 0.29) is 5.91 Å². The molecule has 0 bridgehead atoms. The first-order chi connectivity index (χ1) is 10.7. The Morgan fingerprint density at radius 3 is 2.91 bits per heavy atom. The average molecular weight is 310 g/mol. The summed E-state index contributed by atoms with van der Waals surface area (Å²) in [5, 5.41) is 5.71. The number of hydrogen-bond acceptors (Lipinski definition) is 5. The lowest BCUT2D eigenvalue weighted by molar-refractivity contribution is 0.0945. The van der Waals surface area contributed by atoms with Crippen molar-refractivity contribution < 1.29 is 4.79 Å². The van der Waals surface area contributed by atoms with Crippen LogP contribution in [0.15, 0.2) is 48.2 Å². The van der Waals surface area contributed by atoms with Gasteiger partial charge in [-0.25, -0.2) is 9.97 Å². The van der Waals surface area contributed by atoms with E-state index >= 15 is 0 Å². The van der Waals surface area contributed by atoms with E-state index in [1.54, 1.807) is 11.3 Å². The maximum absolute atomic E-state index is 11.9. The van der Waals surface area contributed by atoms with Gasteiger partial charge >= 0.3 is 0 Å². The Hall–Kier alpha value is -2.60. The van der Waals surface area contributed by atoms with Crippen molar-refractivity contribution in [1.82, 2.24) is 20.3 Å². The molecule has 5 nitrogen and oxygen atoms in total. The van der Waals surface area contributed by atoms with Crippen LogP contribution < -0.4 is 5.32 Å². The summed E-state index contributed by atoms with van der Waals surface area (Å²) < 4.78 is 0. The van der Waals surface area contributed by atoms with Crippen LogP contribution in [0.25, 0.3) is 10.6 Å². The van der Waals surface area contributed by atoms with Gasteiger partial charge in [-0.05, 0) is 12.5 Å². The van der Waals surface area contributed by atoms with Crippen molar-refractivity contribution in [3.05, 3.63) is 65.2 Å². The first-order valence-electron chi connectivity index (χ1n) is 6.78. The number of aromatic nitrogens is 3. The Kier molecular flexibility index (Phi) is 4.20. The van der Waals surface area contributed by atoms with E-state index in [4.69, 9.17) is 0 Å². The lowest BCUT2D eigenvalue weighted by atomic mass is 10.1. The molecule has 2 aromatic heterocycles. The zero-order chi connectivity index (χ0) is 15.4. The molecule has 2 heterocycles. The topological polar surface area (TPSA) is 67.8 Å². The maximum atomic E-state index is 11.9. The van der Waals surface area contributed by atoms with Gasteiger partial charge in [0, 0.05) is 23.3 Å². The number of thiazole rings is 1. The molecule has 22 heavy (non-hydrogen) atoms. The molecular weight excluding hydrogens is 296 g/mol. The maximum Gasteiger partial charge on any atom is 0.271 e. The number of rotatable bonds is 4. The van der Waals surface area contributed by atoms with Crippen LogP contribution in [-0.4, -0.2) is 20.9 Å². The molecule has 0 aliphatic carbocycles. The van der Waals surface area contributed by atoms with E-state index in [0.717, 1.165) is 16.3 Å². The van der Waals surface area contributed by atoms with E-state index in [0.29, 0.717) is 12.2 Å². The number of aryl methyl sites for hydroxylation is 1. The molecule has 0 aliphatic heterocycles. The number of carbonyl (C=O) groups excluding carboxylic acids is 1. The molecule has 3 rings (SSSR count). The Morgan fingerprint density at radius 1 is 1.27 bits per heavy atom. The highest BCUT2D eigenvalue weighted by Gasteiger charge is 2.10. The Bertz CT molecular complexity index is 786. The molecule has 1 N–H and O–H groups in total. The summed E-state index contributed by atoms with van der Waals surface area (Å²) in [4.78, 5) is 24.3. The second-order valence-corrected chi connectivity index (χ2v) is 5.59. The van der Waals surface area contributed by atoms with Crippen molar-refractivity contribution in [2.24, 2.45) is 0 Å². The minimum absolute atomic E-state index is 0.251. The van der Waals surface area contributed by atoms with Gasteiger partial charge in [-0.15, -0.1) is 11.3 Å². The quantitative estimate of drug-likeness (QED) is 0.804. The minimum Gasteiger partial charge on any atom is -0.345 e. The molecular formula is C16H14N4OS. The Labute approximate surface area is 132 Å². The molecule has 0 saturated heterocycles. The summed E-state index contributed by atoms with van der Waals surface area (Å²) in [5.41, 5.74) is 3.45. The second-order valence-electron chi connectivity index (χ2n) is 4.73. The molecule has 0 spiro atoms. The molecule has 6 heteroatoms. The zero-order valence-electron chi connectivity index (χ0n) is 12.0. The predicted octanol–water partition coefficient (Wildman–Crippen LogP) is 2.84. The van der Waals surface area contributed by atoms with Crippen molar-refractivity contribution in [3.63, 3.8) is 0 Å². The van der Waals surface area contributed by atoms with Crippen molar-refractivity contribution in [2.75, 3.05) is 0 Å². The number of benzene rings is 1. The van der Waals surface area contributed by atoms with Crippen LogP contribution in [-0.2, 0) is 6.54 Å². The summed E-state index contributed by atoms with van der Waals surface area (Å²) in [6.45, 7) is 2.43. The summed E-state index contributed by atoms with van der Waals surface area (Å²) >= 11 is 1.57. The summed E-state index contributed by atoms with van der Waals surface area (Å²) in [6.07, 6.45) is 4.47. The van der Waals surface area contributed by atoms with Gasteiger partial charge in [0.05, 0.1) is 18.4 Å². The fraction of sp³-hybridized carbons (Fsp3) is 0.125. The predicted molar refractivity (Wildman–Crippen MR) is 85.5 cm³/mol. The molecule has 0 atom stereocenters. The number of carbonyl (C=O) groups is 1. The summed E-state index contributed by atoms with van der Waals surface area (Å²) in [6, 6.07) is 8.12. The van der Waals surface area contributed by atoms with Crippen LogP contribution in [0, 0.1) is 6.92 Å². The standard InChI is InChI=1S/C16H14N4OS/c1-11-4-2-3-5-13(11)16-20-12(10-22-16)8-19-15(21)14-9-17-6-7-18-14/h2-7,9-10H,8H2,1H3,(H,19,21).